The molecule has 0 bridgehead atoms. The lowest BCUT2D eigenvalue weighted by atomic mass is 10.1. The number of rotatable bonds is 4. The van der Waals surface area contributed by atoms with Crippen molar-refractivity contribution in [2.24, 2.45) is 0 Å². The Labute approximate surface area is 137 Å². The molecule has 1 fully saturated rings. The first kappa shape index (κ1) is 17.9. The molecular formula is C16H24N2O4S. The van der Waals surface area contributed by atoms with Crippen molar-refractivity contribution < 1.29 is 17.9 Å². The van der Waals surface area contributed by atoms with Crippen LogP contribution in [0.15, 0.2) is 29.2 Å². The van der Waals surface area contributed by atoms with E-state index in [1.165, 1.54) is 6.07 Å². The number of nitrogens with one attached hydrogen (secondary N) is 1. The quantitative estimate of drug-likeness (QED) is 0.899. The average molecular weight is 340 g/mol. The van der Waals surface area contributed by atoms with Gasteiger partial charge in [0.1, 0.15) is 0 Å². The Kier molecular flexibility index (Phi) is 5.44. The lowest BCUT2D eigenvalue weighted by molar-refractivity contribution is -0.126. The van der Waals surface area contributed by atoms with Crippen LogP contribution in [0.1, 0.15) is 20.8 Å². The molecule has 1 N–H and O–H groups in total. The molecule has 0 saturated carbocycles. The second kappa shape index (κ2) is 6.98. The highest BCUT2D eigenvalue weighted by Crippen LogP contribution is 2.21. The topological polar surface area (TPSA) is 75.7 Å². The van der Waals surface area contributed by atoms with Crippen molar-refractivity contribution >= 4 is 21.4 Å². The molecule has 1 aromatic carbocycles. The number of anilines is 1. The SMILES string of the molecule is C[C@@H]1CN([C@H](C)C(=O)Nc2ccccc2S(C)(=O)=O)C[C@@H](C)O1. The number of carbonyl (C=O) groups excluding carboxylic acids is 1. The molecular weight excluding hydrogens is 316 g/mol. The summed E-state index contributed by atoms with van der Waals surface area (Å²) in [7, 11) is -3.40. The summed E-state index contributed by atoms with van der Waals surface area (Å²) < 4.78 is 29.3. The molecule has 2 rings (SSSR count). The van der Waals surface area contributed by atoms with Crippen LogP contribution in [-0.4, -0.2) is 56.8 Å². The zero-order chi connectivity index (χ0) is 17.2. The van der Waals surface area contributed by atoms with Gasteiger partial charge in [0.25, 0.3) is 0 Å². The lowest BCUT2D eigenvalue weighted by Gasteiger charge is -2.38. The van der Waals surface area contributed by atoms with E-state index in [1.807, 2.05) is 20.8 Å². The van der Waals surface area contributed by atoms with Gasteiger partial charge in [-0.2, -0.15) is 0 Å². The van der Waals surface area contributed by atoms with Gasteiger partial charge in [0.05, 0.1) is 28.8 Å². The van der Waals surface area contributed by atoms with Crippen LogP contribution in [0.3, 0.4) is 0 Å². The van der Waals surface area contributed by atoms with Crippen molar-refractivity contribution in [1.82, 2.24) is 4.90 Å². The predicted molar refractivity (Wildman–Crippen MR) is 89.2 cm³/mol. The molecule has 1 saturated heterocycles. The van der Waals surface area contributed by atoms with Crippen molar-refractivity contribution in [3.05, 3.63) is 24.3 Å². The summed E-state index contributed by atoms with van der Waals surface area (Å²) >= 11 is 0. The van der Waals surface area contributed by atoms with Gasteiger partial charge in [-0.05, 0) is 32.9 Å². The van der Waals surface area contributed by atoms with Crippen molar-refractivity contribution in [2.45, 2.75) is 43.9 Å². The van der Waals surface area contributed by atoms with E-state index in [0.717, 1.165) is 6.26 Å². The Hall–Kier alpha value is -1.44. The standard InChI is InChI=1S/C16H24N2O4S/c1-11-9-18(10-12(2)22-11)13(3)16(19)17-14-7-5-6-8-15(14)23(4,20)21/h5-8,11-13H,9-10H2,1-4H3,(H,17,19)/t11-,12-,13-/m1/s1. The fourth-order valence-corrected chi connectivity index (χ4v) is 3.67. The maximum absolute atomic E-state index is 12.5. The summed E-state index contributed by atoms with van der Waals surface area (Å²) in [6.45, 7) is 7.13. The molecule has 1 aliphatic rings. The van der Waals surface area contributed by atoms with Crippen molar-refractivity contribution in [1.29, 1.82) is 0 Å². The fraction of sp³-hybridized carbons (Fsp3) is 0.562. The average Bonchev–Trinajstić information content (AvgIpc) is 2.44. The number of sulfone groups is 1. The Morgan fingerprint density at radius 1 is 1.26 bits per heavy atom. The van der Waals surface area contributed by atoms with Crippen molar-refractivity contribution in [3.8, 4) is 0 Å². The molecule has 0 aliphatic carbocycles. The monoisotopic (exact) mass is 340 g/mol. The van der Waals surface area contributed by atoms with E-state index >= 15 is 0 Å². The second-order valence-corrected chi connectivity index (χ2v) is 8.13. The minimum atomic E-state index is -3.40. The molecule has 7 heteroatoms. The third-order valence-electron chi connectivity index (χ3n) is 3.92. The third-order valence-corrected chi connectivity index (χ3v) is 5.07. The Bertz CT molecular complexity index is 664. The number of amides is 1. The van der Waals surface area contributed by atoms with Crippen LogP contribution in [0.4, 0.5) is 5.69 Å². The Morgan fingerprint density at radius 2 is 1.83 bits per heavy atom. The first-order valence-electron chi connectivity index (χ1n) is 7.68. The number of nitrogens with zero attached hydrogens (tertiary/aromatic N) is 1. The number of para-hydroxylation sites is 1. The van der Waals surface area contributed by atoms with Gasteiger partial charge >= 0.3 is 0 Å². The molecule has 0 spiro atoms. The van der Waals surface area contributed by atoms with Gasteiger partial charge in [-0.15, -0.1) is 0 Å². The zero-order valence-corrected chi connectivity index (χ0v) is 14.8. The van der Waals surface area contributed by atoms with Crippen LogP contribution < -0.4 is 5.32 Å². The zero-order valence-electron chi connectivity index (χ0n) is 13.9. The first-order chi connectivity index (χ1) is 10.7. The molecule has 0 aromatic heterocycles. The molecule has 1 amide bonds. The molecule has 23 heavy (non-hydrogen) atoms. The van der Waals surface area contributed by atoms with Crippen molar-refractivity contribution in [2.75, 3.05) is 24.7 Å². The Morgan fingerprint density at radius 3 is 2.39 bits per heavy atom. The van der Waals surface area contributed by atoms with Crippen LogP contribution in [0, 0.1) is 0 Å². The normalized spacial score (nSPS) is 24.2. The molecule has 0 radical (unpaired) electrons. The molecule has 1 aromatic rings. The smallest absolute Gasteiger partial charge is 0.241 e. The molecule has 0 unspecified atom stereocenters. The highest BCUT2D eigenvalue weighted by atomic mass is 32.2. The Balaban J connectivity index is 2.13. The number of morpholine rings is 1. The number of carbonyl (C=O) groups is 1. The number of ether oxygens (including phenoxy) is 1. The van der Waals surface area contributed by atoms with Gasteiger partial charge in [0, 0.05) is 19.3 Å². The number of hydrogen-bond acceptors (Lipinski definition) is 5. The van der Waals surface area contributed by atoms with Crippen LogP contribution in [0.5, 0.6) is 0 Å². The van der Waals surface area contributed by atoms with Gasteiger partial charge in [0.2, 0.25) is 5.91 Å². The fourth-order valence-electron chi connectivity index (χ4n) is 2.83. The largest absolute Gasteiger partial charge is 0.373 e. The van der Waals surface area contributed by atoms with Gasteiger partial charge in [-0.3, -0.25) is 9.69 Å². The second-order valence-electron chi connectivity index (χ2n) is 6.14. The minimum absolute atomic E-state index is 0.0669. The van der Waals surface area contributed by atoms with Gasteiger partial charge in [-0.25, -0.2) is 8.42 Å². The first-order valence-corrected chi connectivity index (χ1v) is 9.57. The van der Waals surface area contributed by atoms with E-state index in [0.29, 0.717) is 18.8 Å². The van der Waals surface area contributed by atoms with Crippen LogP contribution in [0.25, 0.3) is 0 Å². The maximum Gasteiger partial charge on any atom is 0.241 e. The highest BCUT2D eigenvalue weighted by Gasteiger charge is 2.29. The molecule has 1 heterocycles. The maximum atomic E-state index is 12.5. The third kappa shape index (κ3) is 4.53. The number of hydrogen-bond donors (Lipinski definition) is 1. The van der Waals surface area contributed by atoms with E-state index < -0.39 is 9.84 Å². The molecule has 3 atom stereocenters. The van der Waals surface area contributed by atoms with Crippen LogP contribution in [0.2, 0.25) is 0 Å². The van der Waals surface area contributed by atoms with E-state index in [4.69, 9.17) is 4.74 Å². The van der Waals surface area contributed by atoms with Gasteiger partial charge < -0.3 is 10.1 Å². The molecule has 6 nitrogen and oxygen atoms in total. The summed E-state index contributed by atoms with van der Waals surface area (Å²) in [6, 6.07) is 6.07. The van der Waals surface area contributed by atoms with Crippen LogP contribution in [-0.2, 0) is 19.4 Å². The number of benzene rings is 1. The molecule has 1 aliphatic heterocycles. The molecule has 128 valence electrons. The highest BCUT2D eigenvalue weighted by molar-refractivity contribution is 7.90. The van der Waals surface area contributed by atoms with E-state index in [-0.39, 0.29) is 29.1 Å². The summed E-state index contributed by atoms with van der Waals surface area (Å²) in [5.41, 5.74) is 0.321. The van der Waals surface area contributed by atoms with Gasteiger partial charge in [-0.1, -0.05) is 12.1 Å². The predicted octanol–water partition coefficient (Wildman–Crippen LogP) is 1.53. The lowest BCUT2D eigenvalue weighted by Crippen LogP contribution is -2.52. The van der Waals surface area contributed by atoms with E-state index in [2.05, 4.69) is 10.2 Å². The van der Waals surface area contributed by atoms with Crippen LogP contribution >= 0.6 is 0 Å². The summed E-state index contributed by atoms with van der Waals surface area (Å²) in [5.74, 6) is -0.220. The summed E-state index contributed by atoms with van der Waals surface area (Å²) in [6.07, 6.45) is 1.27. The van der Waals surface area contributed by atoms with Crippen molar-refractivity contribution in [3.63, 3.8) is 0 Å². The summed E-state index contributed by atoms with van der Waals surface area (Å²) in [5, 5.41) is 2.74. The minimum Gasteiger partial charge on any atom is -0.373 e. The van der Waals surface area contributed by atoms with E-state index in [1.54, 1.807) is 18.2 Å². The van der Waals surface area contributed by atoms with Gasteiger partial charge in [0.15, 0.2) is 9.84 Å². The summed E-state index contributed by atoms with van der Waals surface area (Å²) in [4.78, 5) is 14.7. The van der Waals surface area contributed by atoms with E-state index in [9.17, 15) is 13.2 Å².